The molecule has 32 heavy (non-hydrogen) atoms. The number of hydrogen-bond donors (Lipinski definition) is 1. The van der Waals surface area contributed by atoms with Gasteiger partial charge in [0.2, 0.25) is 15.9 Å². The number of carbonyl (C=O) groups excluding carboxylic acids is 1. The van der Waals surface area contributed by atoms with Crippen LogP contribution in [0.3, 0.4) is 0 Å². The van der Waals surface area contributed by atoms with Gasteiger partial charge >= 0.3 is 0 Å². The topological polar surface area (TPSA) is 109 Å². The van der Waals surface area contributed by atoms with Gasteiger partial charge in [0.1, 0.15) is 17.5 Å². The molecule has 0 unspecified atom stereocenters. The van der Waals surface area contributed by atoms with E-state index in [4.69, 9.17) is 5.14 Å². The molecular formula is C20H19F2N5O3S2. The molecule has 4 rings (SSSR count). The molecule has 0 bridgehead atoms. The lowest BCUT2D eigenvalue weighted by Gasteiger charge is -2.40. The van der Waals surface area contributed by atoms with Crippen molar-refractivity contribution in [2.45, 2.75) is 11.1 Å². The molecule has 1 aliphatic heterocycles. The summed E-state index contributed by atoms with van der Waals surface area (Å²) in [4.78, 5) is 24.4. The summed E-state index contributed by atoms with van der Waals surface area (Å²) in [6.07, 6.45) is 1.46. The summed E-state index contributed by atoms with van der Waals surface area (Å²) in [5, 5.41) is 5.44. The molecule has 3 aromatic rings. The highest BCUT2D eigenvalue weighted by Crippen LogP contribution is 2.32. The molecule has 1 amide bonds. The fraction of sp³-hybridized carbons (Fsp3) is 0.250. The number of pyridine rings is 1. The third-order valence-corrected chi connectivity index (χ3v) is 7.95. The van der Waals surface area contributed by atoms with Crippen molar-refractivity contribution >= 4 is 38.2 Å². The minimum Gasteiger partial charge on any atom is -0.355 e. The number of primary sulfonamides is 1. The SMILES string of the molecule is Cc1nc(N(C)C(=O)C2CN(c3ccc(-c4cc(F)ccc4F)cn3)C2)sc1S(N)(=O)=O. The van der Waals surface area contributed by atoms with Crippen LogP contribution in [-0.2, 0) is 14.8 Å². The van der Waals surface area contributed by atoms with Crippen LogP contribution >= 0.6 is 11.3 Å². The molecule has 1 saturated heterocycles. The molecule has 3 heterocycles. The molecule has 12 heteroatoms. The van der Waals surface area contributed by atoms with Crippen molar-refractivity contribution in [3.05, 3.63) is 53.9 Å². The number of nitrogens with two attached hydrogens (primary N) is 1. The lowest BCUT2D eigenvalue weighted by Crippen LogP contribution is -2.54. The summed E-state index contributed by atoms with van der Waals surface area (Å²) in [5.41, 5.74) is 0.824. The van der Waals surface area contributed by atoms with Gasteiger partial charge in [-0.3, -0.25) is 9.69 Å². The van der Waals surface area contributed by atoms with E-state index in [0.717, 1.165) is 29.5 Å². The van der Waals surface area contributed by atoms with Gasteiger partial charge < -0.3 is 4.90 Å². The predicted molar refractivity (Wildman–Crippen MR) is 117 cm³/mol. The van der Waals surface area contributed by atoms with Crippen molar-refractivity contribution in [1.82, 2.24) is 9.97 Å². The monoisotopic (exact) mass is 479 g/mol. The Labute approximate surface area is 187 Å². The molecular weight excluding hydrogens is 460 g/mol. The Morgan fingerprint density at radius 3 is 2.56 bits per heavy atom. The van der Waals surface area contributed by atoms with E-state index in [1.165, 1.54) is 25.1 Å². The van der Waals surface area contributed by atoms with Crippen LogP contribution in [0.4, 0.5) is 19.7 Å². The summed E-state index contributed by atoms with van der Waals surface area (Å²) in [7, 11) is -2.36. The maximum atomic E-state index is 13.9. The summed E-state index contributed by atoms with van der Waals surface area (Å²) in [5.74, 6) is -0.982. The number of rotatable bonds is 5. The second kappa shape index (κ2) is 8.19. The van der Waals surface area contributed by atoms with Crippen LogP contribution < -0.4 is 14.9 Å². The van der Waals surface area contributed by atoms with Crippen LogP contribution in [0.25, 0.3) is 11.1 Å². The van der Waals surface area contributed by atoms with Gasteiger partial charge in [0, 0.05) is 37.5 Å². The van der Waals surface area contributed by atoms with Gasteiger partial charge in [-0.05, 0) is 37.3 Å². The first kappa shape index (κ1) is 22.2. The minimum atomic E-state index is -3.90. The average Bonchev–Trinajstić information content (AvgIpc) is 3.11. The van der Waals surface area contributed by atoms with Crippen molar-refractivity contribution in [2.75, 3.05) is 29.9 Å². The van der Waals surface area contributed by atoms with Crippen LogP contribution in [0.5, 0.6) is 0 Å². The lowest BCUT2D eigenvalue weighted by molar-refractivity contribution is -0.122. The Bertz CT molecular complexity index is 1290. The molecule has 168 valence electrons. The Morgan fingerprint density at radius 2 is 1.97 bits per heavy atom. The number of amides is 1. The van der Waals surface area contributed by atoms with Crippen molar-refractivity contribution < 1.29 is 22.0 Å². The Kier molecular flexibility index (Phi) is 5.69. The van der Waals surface area contributed by atoms with Crippen LogP contribution in [0.1, 0.15) is 5.69 Å². The standard InChI is InChI=1S/C20H19F2N5O3S2/c1-11-19(32(23,29)30)31-20(25-11)26(2)18(28)13-9-27(10-13)17-6-3-12(8-24-17)15-7-14(21)4-5-16(15)22/h3-8,13H,9-10H2,1-2H3,(H2,23,29,30). The van der Waals surface area contributed by atoms with Crippen LogP contribution in [0, 0.1) is 24.5 Å². The molecule has 2 N–H and O–H groups in total. The van der Waals surface area contributed by atoms with E-state index in [2.05, 4.69) is 9.97 Å². The third-order valence-electron chi connectivity index (χ3n) is 5.16. The largest absolute Gasteiger partial charge is 0.355 e. The maximum absolute atomic E-state index is 13.9. The zero-order chi connectivity index (χ0) is 23.2. The zero-order valence-corrected chi connectivity index (χ0v) is 18.8. The Morgan fingerprint density at radius 1 is 1.25 bits per heavy atom. The second-order valence-electron chi connectivity index (χ2n) is 7.44. The van der Waals surface area contributed by atoms with E-state index < -0.39 is 21.7 Å². The highest BCUT2D eigenvalue weighted by atomic mass is 32.2. The van der Waals surface area contributed by atoms with Crippen molar-refractivity contribution in [1.29, 1.82) is 0 Å². The molecule has 0 atom stereocenters. The van der Waals surface area contributed by atoms with Gasteiger partial charge in [0.05, 0.1) is 11.6 Å². The van der Waals surface area contributed by atoms with Gasteiger partial charge in [-0.1, -0.05) is 11.3 Å². The van der Waals surface area contributed by atoms with Gasteiger partial charge in [-0.2, -0.15) is 0 Å². The van der Waals surface area contributed by atoms with Gasteiger partial charge in [-0.15, -0.1) is 0 Å². The molecule has 0 saturated carbocycles. The van der Waals surface area contributed by atoms with Gasteiger partial charge in [-0.25, -0.2) is 32.3 Å². The van der Waals surface area contributed by atoms with Crippen molar-refractivity contribution in [2.24, 2.45) is 11.1 Å². The quantitative estimate of drug-likeness (QED) is 0.602. The number of aryl methyl sites for hydroxylation is 1. The number of halogens is 2. The molecule has 1 aliphatic rings. The summed E-state index contributed by atoms with van der Waals surface area (Å²) < 4.78 is 50.5. The number of benzene rings is 1. The predicted octanol–water partition coefficient (Wildman–Crippen LogP) is 2.54. The van der Waals surface area contributed by atoms with Crippen LogP contribution in [0.2, 0.25) is 0 Å². The summed E-state index contributed by atoms with van der Waals surface area (Å²) >= 11 is 0.851. The molecule has 8 nitrogen and oxygen atoms in total. The lowest BCUT2D eigenvalue weighted by atomic mass is 9.98. The Balaban J connectivity index is 1.41. The first-order valence-electron chi connectivity index (χ1n) is 9.49. The number of anilines is 2. The average molecular weight is 480 g/mol. The number of aromatic nitrogens is 2. The van der Waals surface area contributed by atoms with Crippen LogP contribution in [-0.4, -0.2) is 44.4 Å². The third kappa shape index (κ3) is 4.20. The summed E-state index contributed by atoms with van der Waals surface area (Å²) in [6.45, 7) is 2.35. The smallest absolute Gasteiger partial charge is 0.249 e. The van der Waals surface area contributed by atoms with E-state index in [1.54, 1.807) is 12.1 Å². The fourth-order valence-corrected chi connectivity index (χ4v) is 5.33. The zero-order valence-electron chi connectivity index (χ0n) is 17.1. The van der Waals surface area contributed by atoms with Gasteiger partial charge in [0.25, 0.3) is 0 Å². The molecule has 1 fully saturated rings. The second-order valence-corrected chi connectivity index (χ2v) is 10.2. The first-order valence-corrected chi connectivity index (χ1v) is 11.8. The molecule has 0 aliphatic carbocycles. The van der Waals surface area contributed by atoms with E-state index in [0.29, 0.717) is 24.5 Å². The van der Waals surface area contributed by atoms with E-state index >= 15 is 0 Å². The highest BCUT2D eigenvalue weighted by molar-refractivity contribution is 7.91. The van der Waals surface area contributed by atoms with Crippen LogP contribution in [0.15, 0.2) is 40.7 Å². The van der Waals surface area contributed by atoms with Gasteiger partial charge in [0.15, 0.2) is 9.34 Å². The van der Waals surface area contributed by atoms with E-state index in [9.17, 15) is 22.0 Å². The highest BCUT2D eigenvalue weighted by Gasteiger charge is 2.36. The molecule has 1 aromatic carbocycles. The fourth-order valence-electron chi connectivity index (χ4n) is 3.42. The normalized spacial score (nSPS) is 14.3. The van der Waals surface area contributed by atoms with E-state index in [1.807, 2.05) is 4.90 Å². The number of carbonyl (C=O) groups is 1. The maximum Gasteiger partial charge on any atom is 0.249 e. The number of sulfonamides is 1. The van der Waals surface area contributed by atoms with E-state index in [-0.39, 0.29) is 32.4 Å². The molecule has 0 radical (unpaired) electrons. The first-order chi connectivity index (χ1) is 15.0. The number of thiazole rings is 1. The Hall–Kier alpha value is -2.96. The molecule has 0 spiro atoms. The summed E-state index contributed by atoms with van der Waals surface area (Å²) in [6, 6.07) is 6.57. The number of nitrogens with zero attached hydrogens (tertiary/aromatic N) is 4. The number of hydrogen-bond acceptors (Lipinski definition) is 7. The minimum absolute atomic E-state index is 0.0681. The van der Waals surface area contributed by atoms with Crippen molar-refractivity contribution in [3.8, 4) is 11.1 Å². The molecule has 2 aromatic heterocycles. The van der Waals surface area contributed by atoms with Crippen molar-refractivity contribution in [3.63, 3.8) is 0 Å².